The first-order valence-electron chi connectivity index (χ1n) is 6.50. The Morgan fingerprint density at radius 2 is 1.37 bits per heavy atom. The van der Waals surface area contributed by atoms with Gasteiger partial charge in [0.05, 0.1) is 11.4 Å². The number of likely N-dealkylation sites (N-methyl/N-ethyl adjacent to an activating group) is 2. The second kappa shape index (κ2) is 6.14. The van der Waals surface area contributed by atoms with Crippen molar-refractivity contribution in [3.63, 3.8) is 0 Å². The minimum atomic E-state index is 0.826. The zero-order valence-electron chi connectivity index (χ0n) is 11.6. The molecule has 3 heteroatoms. The van der Waals surface area contributed by atoms with Crippen molar-refractivity contribution in [3.05, 3.63) is 54.6 Å². The van der Waals surface area contributed by atoms with Crippen LogP contribution in [0.2, 0.25) is 0 Å². The lowest BCUT2D eigenvalue weighted by atomic mass is 10.2. The molecule has 0 radical (unpaired) electrons. The van der Waals surface area contributed by atoms with Gasteiger partial charge in [-0.1, -0.05) is 30.3 Å². The first kappa shape index (κ1) is 13.3. The highest BCUT2D eigenvalue weighted by atomic mass is 15.2. The number of hydrogen-bond acceptors (Lipinski definition) is 3. The molecule has 2 aromatic rings. The maximum Gasteiger partial charge on any atom is 0.0597 e. The van der Waals surface area contributed by atoms with Gasteiger partial charge in [0.1, 0.15) is 0 Å². The van der Waals surface area contributed by atoms with Crippen molar-refractivity contribution >= 4 is 17.1 Å². The van der Waals surface area contributed by atoms with Crippen LogP contribution >= 0.6 is 0 Å². The summed E-state index contributed by atoms with van der Waals surface area (Å²) in [7, 11) is 4.18. The fraction of sp³-hybridized carbons (Fsp3) is 0.250. The van der Waals surface area contributed by atoms with Gasteiger partial charge in [-0.25, -0.2) is 0 Å². The molecule has 0 spiro atoms. The Morgan fingerprint density at radius 3 is 2.05 bits per heavy atom. The number of benzene rings is 2. The van der Waals surface area contributed by atoms with Crippen LogP contribution in [0.4, 0.5) is 17.1 Å². The highest BCUT2D eigenvalue weighted by Gasteiger charge is 2.06. The van der Waals surface area contributed by atoms with Gasteiger partial charge in [-0.05, 0) is 24.3 Å². The van der Waals surface area contributed by atoms with E-state index in [-0.39, 0.29) is 0 Å². The summed E-state index contributed by atoms with van der Waals surface area (Å²) in [6.07, 6.45) is 0. The second-order valence-electron chi connectivity index (χ2n) is 4.74. The summed E-state index contributed by atoms with van der Waals surface area (Å²) in [5, 5.41) is 0. The minimum absolute atomic E-state index is 0.826. The van der Waals surface area contributed by atoms with E-state index in [1.807, 2.05) is 24.3 Å². The van der Waals surface area contributed by atoms with Crippen LogP contribution in [0.15, 0.2) is 54.6 Å². The van der Waals surface area contributed by atoms with Crippen LogP contribution in [0.1, 0.15) is 0 Å². The van der Waals surface area contributed by atoms with Crippen molar-refractivity contribution in [2.75, 3.05) is 42.7 Å². The van der Waals surface area contributed by atoms with Crippen molar-refractivity contribution < 1.29 is 0 Å². The molecular formula is C16H21N3. The minimum Gasteiger partial charge on any atom is -0.397 e. The maximum atomic E-state index is 5.98. The molecule has 0 unspecified atom stereocenters. The fourth-order valence-electron chi connectivity index (χ4n) is 2.07. The highest BCUT2D eigenvalue weighted by Crippen LogP contribution is 2.21. The van der Waals surface area contributed by atoms with Crippen molar-refractivity contribution in [3.8, 4) is 0 Å². The van der Waals surface area contributed by atoms with Crippen LogP contribution in [0.3, 0.4) is 0 Å². The Morgan fingerprint density at radius 1 is 0.789 bits per heavy atom. The Labute approximate surface area is 115 Å². The van der Waals surface area contributed by atoms with Crippen molar-refractivity contribution in [2.45, 2.75) is 0 Å². The van der Waals surface area contributed by atoms with Crippen molar-refractivity contribution in [1.82, 2.24) is 0 Å². The molecule has 2 aromatic carbocycles. The molecule has 2 N–H and O–H groups in total. The van der Waals surface area contributed by atoms with Crippen LogP contribution in [0.25, 0.3) is 0 Å². The Kier molecular flexibility index (Phi) is 4.29. The molecule has 0 aliphatic heterocycles. The molecule has 0 aliphatic rings. The molecule has 0 bridgehead atoms. The van der Waals surface area contributed by atoms with Gasteiger partial charge < -0.3 is 15.5 Å². The van der Waals surface area contributed by atoms with Gasteiger partial charge >= 0.3 is 0 Å². The molecule has 0 amide bonds. The number of nitrogen functional groups attached to an aromatic ring is 1. The first-order valence-corrected chi connectivity index (χ1v) is 6.50. The summed E-state index contributed by atoms with van der Waals surface area (Å²) in [6, 6.07) is 18.4. The Balaban J connectivity index is 1.94. The normalized spacial score (nSPS) is 10.2. The average Bonchev–Trinajstić information content (AvgIpc) is 2.46. The van der Waals surface area contributed by atoms with Gasteiger partial charge in [0.15, 0.2) is 0 Å². The molecule has 3 nitrogen and oxygen atoms in total. The predicted octanol–water partition coefficient (Wildman–Crippen LogP) is 2.84. The van der Waals surface area contributed by atoms with Gasteiger partial charge in [0.2, 0.25) is 0 Å². The number of anilines is 3. The average molecular weight is 255 g/mol. The molecule has 100 valence electrons. The predicted molar refractivity (Wildman–Crippen MR) is 83.8 cm³/mol. The second-order valence-corrected chi connectivity index (χ2v) is 4.74. The first-order chi connectivity index (χ1) is 9.18. The van der Waals surface area contributed by atoms with E-state index in [2.05, 4.69) is 54.2 Å². The van der Waals surface area contributed by atoms with E-state index in [1.54, 1.807) is 0 Å². The fourth-order valence-corrected chi connectivity index (χ4v) is 2.07. The van der Waals surface area contributed by atoms with Crippen LogP contribution in [0, 0.1) is 0 Å². The summed E-state index contributed by atoms with van der Waals surface area (Å²) in [6.45, 7) is 1.88. The van der Waals surface area contributed by atoms with E-state index in [1.165, 1.54) is 5.69 Å². The van der Waals surface area contributed by atoms with Crippen LogP contribution in [-0.2, 0) is 0 Å². The van der Waals surface area contributed by atoms with Gasteiger partial charge in [-0.2, -0.15) is 0 Å². The maximum absolute atomic E-state index is 5.98. The summed E-state index contributed by atoms with van der Waals surface area (Å²) in [5.41, 5.74) is 9.13. The topological polar surface area (TPSA) is 32.5 Å². The van der Waals surface area contributed by atoms with E-state index in [4.69, 9.17) is 5.73 Å². The molecule has 0 fully saturated rings. The lowest BCUT2D eigenvalue weighted by molar-refractivity contribution is 0.834. The van der Waals surface area contributed by atoms with E-state index < -0.39 is 0 Å². The lowest BCUT2D eigenvalue weighted by Crippen LogP contribution is -2.31. The molecule has 0 saturated heterocycles. The zero-order chi connectivity index (χ0) is 13.7. The monoisotopic (exact) mass is 255 g/mol. The third-order valence-electron chi connectivity index (χ3n) is 3.32. The number of nitrogens with two attached hydrogens (primary N) is 1. The quantitative estimate of drug-likeness (QED) is 0.834. The highest BCUT2D eigenvalue weighted by molar-refractivity contribution is 5.66. The lowest BCUT2D eigenvalue weighted by Gasteiger charge is -2.25. The molecule has 0 atom stereocenters. The molecular weight excluding hydrogens is 234 g/mol. The van der Waals surface area contributed by atoms with E-state index in [0.29, 0.717) is 0 Å². The molecule has 0 heterocycles. The third-order valence-corrected chi connectivity index (χ3v) is 3.32. The smallest absolute Gasteiger partial charge is 0.0597 e. The molecule has 0 aliphatic carbocycles. The molecule has 0 saturated carbocycles. The Bertz CT molecular complexity index is 510. The third kappa shape index (κ3) is 3.41. The Hall–Kier alpha value is -2.16. The van der Waals surface area contributed by atoms with Gasteiger partial charge in [-0.15, -0.1) is 0 Å². The van der Waals surface area contributed by atoms with E-state index >= 15 is 0 Å². The van der Waals surface area contributed by atoms with E-state index in [9.17, 15) is 0 Å². The number of rotatable bonds is 5. The standard InChI is InChI=1S/C16H21N3/c1-18(14-8-4-3-5-9-14)12-13-19(2)16-11-7-6-10-15(16)17/h3-11H,12-13,17H2,1-2H3. The van der Waals surface area contributed by atoms with Gasteiger partial charge in [0.25, 0.3) is 0 Å². The van der Waals surface area contributed by atoms with Gasteiger partial charge in [-0.3, -0.25) is 0 Å². The number of para-hydroxylation sites is 3. The zero-order valence-corrected chi connectivity index (χ0v) is 11.6. The van der Waals surface area contributed by atoms with E-state index in [0.717, 1.165) is 24.5 Å². The number of nitrogens with zero attached hydrogens (tertiary/aromatic N) is 2. The summed E-state index contributed by atoms with van der Waals surface area (Å²) < 4.78 is 0. The summed E-state index contributed by atoms with van der Waals surface area (Å²) in [4.78, 5) is 4.43. The summed E-state index contributed by atoms with van der Waals surface area (Å²) in [5.74, 6) is 0. The molecule has 19 heavy (non-hydrogen) atoms. The van der Waals surface area contributed by atoms with Crippen LogP contribution in [-0.4, -0.2) is 27.2 Å². The summed E-state index contributed by atoms with van der Waals surface area (Å²) >= 11 is 0. The van der Waals surface area contributed by atoms with Crippen LogP contribution < -0.4 is 15.5 Å². The largest absolute Gasteiger partial charge is 0.397 e. The van der Waals surface area contributed by atoms with Gasteiger partial charge in [0, 0.05) is 32.9 Å². The van der Waals surface area contributed by atoms with Crippen LogP contribution in [0.5, 0.6) is 0 Å². The molecule has 2 rings (SSSR count). The molecule has 0 aromatic heterocycles. The number of hydrogen-bond donors (Lipinski definition) is 1. The SMILES string of the molecule is CN(CCN(C)c1ccccc1N)c1ccccc1. The van der Waals surface area contributed by atoms with Crippen molar-refractivity contribution in [1.29, 1.82) is 0 Å². The van der Waals surface area contributed by atoms with Crippen molar-refractivity contribution in [2.24, 2.45) is 0 Å².